The maximum atomic E-state index is 10.7. The molecule has 0 aliphatic heterocycles. The molecule has 0 saturated carbocycles. The summed E-state index contributed by atoms with van der Waals surface area (Å²) < 4.78 is 5.29. The first-order valence-corrected chi connectivity index (χ1v) is 5.46. The lowest BCUT2D eigenvalue weighted by atomic mass is 10.2. The smallest absolute Gasteiger partial charge is 0.312 e. The molecule has 0 unspecified atom stereocenters. The van der Waals surface area contributed by atoms with Crippen LogP contribution in [0.3, 0.4) is 0 Å². The van der Waals surface area contributed by atoms with Crippen molar-refractivity contribution in [1.82, 2.24) is 0 Å². The van der Waals surface area contributed by atoms with Crippen LogP contribution >= 0.6 is 11.6 Å². The number of rotatable bonds is 6. The summed E-state index contributed by atoms with van der Waals surface area (Å²) in [5.74, 6) is 0.205. The molecule has 0 heterocycles. The Morgan fingerprint density at radius 1 is 1.47 bits per heavy atom. The number of ether oxygens (including phenoxy) is 1. The van der Waals surface area contributed by atoms with Crippen LogP contribution in [0.4, 0.5) is 5.69 Å². The van der Waals surface area contributed by atoms with Gasteiger partial charge in [-0.05, 0) is 25.0 Å². The number of nitriles is 1. The maximum Gasteiger partial charge on any atom is 0.312 e. The first-order chi connectivity index (χ1) is 8.15. The summed E-state index contributed by atoms with van der Waals surface area (Å²) in [6.45, 7) is 0.351. The van der Waals surface area contributed by atoms with Crippen LogP contribution in [0.5, 0.6) is 5.75 Å². The second-order valence-corrected chi connectivity index (χ2v) is 3.77. The van der Waals surface area contributed by atoms with Crippen LogP contribution < -0.4 is 4.74 Å². The first-order valence-electron chi connectivity index (χ1n) is 5.09. The highest BCUT2D eigenvalue weighted by molar-refractivity contribution is 6.30. The molecule has 0 aromatic heterocycles. The van der Waals surface area contributed by atoms with Gasteiger partial charge in [0.2, 0.25) is 0 Å². The van der Waals surface area contributed by atoms with E-state index in [1.807, 2.05) is 6.07 Å². The van der Waals surface area contributed by atoms with Crippen LogP contribution in [0.1, 0.15) is 19.3 Å². The minimum absolute atomic E-state index is 0.141. The average molecular weight is 255 g/mol. The lowest BCUT2D eigenvalue weighted by molar-refractivity contribution is -0.385. The van der Waals surface area contributed by atoms with Gasteiger partial charge >= 0.3 is 5.69 Å². The van der Waals surface area contributed by atoms with Crippen molar-refractivity contribution in [2.24, 2.45) is 0 Å². The molecule has 0 aliphatic carbocycles. The van der Waals surface area contributed by atoms with Crippen LogP contribution in [-0.4, -0.2) is 11.5 Å². The zero-order chi connectivity index (χ0) is 12.7. The van der Waals surface area contributed by atoms with E-state index in [0.717, 1.165) is 6.42 Å². The molecule has 0 spiro atoms. The predicted octanol–water partition coefficient (Wildman–Crippen LogP) is 3.32. The predicted molar refractivity (Wildman–Crippen MR) is 63.1 cm³/mol. The molecule has 1 aromatic carbocycles. The molecular formula is C11H11ClN2O3. The van der Waals surface area contributed by atoms with Crippen LogP contribution in [0.15, 0.2) is 18.2 Å². The van der Waals surface area contributed by atoms with Crippen molar-refractivity contribution in [2.75, 3.05) is 6.61 Å². The van der Waals surface area contributed by atoms with Crippen molar-refractivity contribution in [3.8, 4) is 11.8 Å². The number of hydrogen-bond donors (Lipinski definition) is 0. The van der Waals surface area contributed by atoms with Gasteiger partial charge in [0, 0.05) is 17.5 Å². The minimum Gasteiger partial charge on any atom is -0.487 e. The Balaban J connectivity index is 2.59. The summed E-state index contributed by atoms with van der Waals surface area (Å²) in [5, 5.41) is 19.4. The van der Waals surface area contributed by atoms with E-state index in [2.05, 4.69) is 0 Å². The van der Waals surface area contributed by atoms with E-state index < -0.39 is 4.92 Å². The number of halogens is 1. The zero-order valence-electron chi connectivity index (χ0n) is 9.06. The number of unbranched alkanes of at least 4 members (excludes halogenated alkanes) is 2. The van der Waals surface area contributed by atoms with E-state index >= 15 is 0 Å². The number of nitrogens with zero attached hydrogens (tertiary/aromatic N) is 2. The van der Waals surface area contributed by atoms with E-state index in [1.54, 1.807) is 6.07 Å². The standard InChI is InChI=1S/C11H11ClN2O3/c12-9-4-5-11(10(8-9)14(15)16)17-7-3-1-2-6-13/h4-5,8H,1-3,7H2. The van der Waals surface area contributed by atoms with Gasteiger partial charge < -0.3 is 4.74 Å². The largest absolute Gasteiger partial charge is 0.487 e. The quantitative estimate of drug-likeness (QED) is 0.443. The third-order valence-corrected chi connectivity index (χ3v) is 2.29. The average Bonchev–Trinajstić information content (AvgIpc) is 2.30. The highest BCUT2D eigenvalue weighted by atomic mass is 35.5. The molecule has 6 heteroatoms. The molecular weight excluding hydrogens is 244 g/mol. The summed E-state index contributed by atoms with van der Waals surface area (Å²) in [5.41, 5.74) is -0.141. The maximum absolute atomic E-state index is 10.7. The summed E-state index contributed by atoms with van der Waals surface area (Å²) in [6.07, 6.45) is 1.87. The molecule has 1 aromatic rings. The fourth-order valence-corrected chi connectivity index (χ4v) is 1.41. The lowest BCUT2D eigenvalue weighted by Crippen LogP contribution is -2.00. The Hall–Kier alpha value is -1.80. The highest BCUT2D eigenvalue weighted by Crippen LogP contribution is 2.29. The molecule has 1 rings (SSSR count). The lowest BCUT2D eigenvalue weighted by Gasteiger charge is -2.06. The van der Waals surface area contributed by atoms with Crippen molar-refractivity contribution in [3.63, 3.8) is 0 Å². The second kappa shape index (κ2) is 6.71. The molecule has 0 bridgehead atoms. The molecule has 0 atom stereocenters. The van der Waals surface area contributed by atoms with Gasteiger partial charge in [-0.2, -0.15) is 5.26 Å². The van der Waals surface area contributed by atoms with Crippen molar-refractivity contribution >= 4 is 17.3 Å². The van der Waals surface area contributed by atoms with Gasteiger partial charge in [-0.25, -0.2) is 0 Å². The molecule has 5 nitrogen and oxygen atoms in total. The van der Waals surface area contributed by atoms with Gasteiger partial charge in [0.15, 0.2) is 5.75 Å². The SMILES string of the molecule is N#CCCCCOc1ccc(Cl)cc1[N+](=O)[O-]. The molecule has 0 saturated heterocycles. The fourth-order valence-electron chi connectivity index (χ4n) is 1.24. The molecule has 17 heavy (non-hydrogen) atoms. The summed E-state index contributed by atoms with van der Waals surface area (Å²) in [7, 11) is 0. The van der Waals surface area contributed by atoms with E-state index in [1.165, 1.54) is 12.1 Å². The van der Waals surface area contributed by atoms with Gasteiger partial charge in [-0.1, -0.05) is 11.6 Å². The number of nitro benzene ring substituents is 1. The van der Waals surface area contributed by atoms with Gasteiger partial charge in [0.25, 0.3) is 0 Å². The van der Waals surface area contributed by atoms with Gasteiger partial charge in [0.05, 0.1) is 17.6 Å². The summed E-state index contributed by atoms with van der Waals surface area (Å²) in [6, 6.07) is 6.30. The Labute approximate surface area is 104 Å². The van der Waals surface area contributed by atoms with Gasteiger partial charge in [-0.3, -0.25) is 10.1 Å². The van der Waals surface area contributed by atoms with Gasteiger partial charge in [-0.15, -0.1) is 0 Å². The third-order valence-electron chi connectivity index (χ3n) is 2.06. The van der Waals surface area contributed by atoms with Gasteiger partial charge in [0.1, 0.15) is 0 Å². The Bertz CT molecular complexity index is 443. The van der Waals surface area contributed by atoms with Crippen molar-refractivity contribution in [2.45, 2.75) is 19.3 Å². The molecule has 0 radical (unpaired) electrons. The topological polar surface area (TPSA) is 76.2 Å². The number of hydrogen-bond acceptors (Lipinski definition) is 4. The monoisotopic (exact) mass is 254 g/mol. The molecule has 0 aliphatic rings. The minimum atomic E-state index is -0.531. The molecule has 0 amide bonds. The van der Waals surface area contributed by atoms with E-state index in [9.17, 15) is 10.1 Å². The Morgan fingerprint density at radius 3 is 2.88 bits per heavy atom. The highest BCUT2D eigenvalue weighted by Gasteiger charge is 2.15. The molecule has 90 valence electrons. The molecule has 0 N–H and O–H groups in total. The first kappa shape index (κ1) is 13.3. The number of benzene rings is 1. The van der Waals surface area contributed by atoms with E-state index in [0.29, 0.717) is 24.5 Å². The molecule has 0 fully saturated rings. The van der Waals surface area contributed by atoms with Crippen LogP contribution in [0.25, 0.3) is 0 Å². The normalized spacial score (nSPS) is 9.65. The third kappa shape index (κ3) is 4.29. The van der Waals surface area contributed by atoms with Crippen molar-refractivity contribution in [1.29, 1.82) is 5.26 Å². The Morgan fingerprint density at radius 2 is 2.24 bits per heavy atom. The van der Waals surface area contributed by atoms with Crippen molar-refractivity contribution in [3.05, 3.63) is 33.3 Å². The van der Waals surface area contributed by atoms with Crippen LogP contribution in [0, 0.1) is 21.4 Å². The Kier molecular flexibility index (Phi) is 5.24. The zero-order valence-corrected chi connectivity index (χ0v) is 9.81. The summed E-state index contributed by atoms with van der Waals surface area (Å²) >= 11 is 5.67. The van der Waals surface area contributed by atoms with E-state index in [4.69, 9.17) is 21.6 Å². The van der Waals surface area contributed by atoms with Crippen molar-refractivity contribution < 1.29 is 9.66 Å². The second-order valence-electron chi connectivity index (χ2n) is 3.33. The fraction of sp³-hybridized carbons (Fsp3) is 0.364. The number of nitro groups is 1. The van der Waals surface area contributed by atoms with Crippen LogP contribution in [0.2, 0.25) is 5.02 Å². The summed E-state index contributed by atoms with van der Waals surface area (Å²) in [4.78, 5) is 10.2. The van der Waals surface area contributed by atoms with E-state index in [-0.39, 0.29) is 11.4 Å². The van der Waals surface area contributed by atoms with Crippen LogP contribution in [-0.2, 0) is 0 Å².